The van der Waals surface area contributed by atoms with Crippen molar-refractivity contribution in [3.63, 3.8) is 0 Å². The van der Waals surface area contributed by atoms with Gasteiger partial charge in [0, 0.05) is 19.3 Å². The first-order chi connectivity index (χ1) is 8.81. The summed E-state index contributed by atoms with van der Waals surface area (Å²) in [5.74, 6) is 0. The fourth-order valence-electron chi connectivity index (χ4n) is 2.01. The summed E-state index contributed by atoms with van der Waals surface area (Å²) in [6, 6.07) is 9.30. The maximum atomic E-state index is 5.63. The lowest BCUT2D eigenvalue weighted by molar-refractivity contribution is 0.122. The Morgan fingerprint density at radius 2 is 1.83 bits per heavy atom. The predicted molar refractivity (Wildman–Crippen MR) is 78.0 cm³/mol. The molecule has 0 saturated heterocycles. The Labute approximate surface area is 112 Å². The van der Waals surface area contributed by atoms with Crippen LogP contribution in [0, 0.1) is 0 Å². The summed E-state index contributed by atoms with van der Waals surface area (Å²) >= 11 is 0. The summed E-state index contributed by atoms with van der Waals surface area (Å²) in [6.45, 7) is 6.10. The first-order valence-electron chi connectivity index (χ1n) is 7.15. The Hall–Kier alpha value is -0.860. The van der Waals surface area contributed by atoms with E-state index in [4.69, 9.17) is 4.74 Å². The third-order valence-corrected chi connectivity index (χ3v) is 3.33. The number of rotatable bonds is 9. The summed E-state index contributed by atoms with van der Waals surface area (Å²) in [4.78, 5) is 0. The molecule has 2 heteroatoms. The average molecular weight is 249 g/mol. The van der Waals surface area contributed by atoms with E-state index in [0.29, 0.717) is 6.04 Å². The van der Waals surface area contributed by atoms with Gasteiger partial charge in [-0.05, 0) is 37.4 Å². The van der Waals surface area contributed by atoms with E-state index in [0.717, 1.165) is 32.5 Å². The molecule has 1 aromatic rings. The van der Waals surface area contributed by atoms with Gasteiger partial charge in [0.05, 0.1) is 0 Å². The molecule has 0 radical (unpaired) electrons. The van der Waals surface area contributed by atoms with Crippen molar-refractivity contribution in [1.29, 1.82) is 0 Å². The first kappa shape index (κ1) is 15.2. The maximum absolute atomic E-state index is 5.63. The molecule has 1 rings (SSSR count). The Morgan fingerprint density at radius 1 is 1.11 bits per heavy atom. The van der Waals surface area contributed by atoms with Crippen molar-refractivity contribution in [2.45, 2.75) is 45.6 Å². The van der Waals surface area contributed by atoms with Crippen LogP contribution in [-0.4, -0.2) is 20.3 Å². The van der Waals surface area contributed by atoms with Crippen molar-refractivity contribution < 1.29 is 4.74 Å². The van der Waals surface area contributed by atoms with Crippen LogP contribution in [0.25, 0.3) is 0 Å². The summed E-state index contributed by atoms with van der Waals surface area (Å²) in [6.07, 6.45) is 4.50. The zero-order valence-corrected chi connectivity index (χ0v) is 12.0. The summed E-state index contributed by atoms with van der Waals surface area (Å²) in [7, 11) is 2.02. The number of unbranched alkanes of at least 4 members (excludes halogenated alkanes) is 1. The van der Waals surface area contributed by atoms with E-state index < -0.39 is 0 Å². The molecule has 0 saturated carbocycles. The van der Waals surface area contributed by atoms with E-state index >= 15 is 0 Å². The van der Waals surface area contributed by atoms with E-state index in [1.54, 1.807) is 0 Å². The Balaban J connectivity index is 2.39. The van der Waals surface area contributed by atoms with Crippen LogP contribution in [0.2, 0.25) is 0 Å². The Morgan fingerprint density at radius 3 is 2.39 bits per heavy atom. The number of hydrogen-bond acceptors (Lipinski definition) is 2. The zero-order valence-electron chi connectivity index (χ0n) is 12.0. The fraction of sp³-hybridized carbons (Fsp3) is 0.625. The molecule has 102 valence electrons. The normalized spacial score (nSPS) is 12.6. The zero-order chi connectivity index (χ0) is 13.2. The van der Waals surface area contributed by atoms with Gasteiger partial charge in [-0.15, -0.1) is 0 Å². The Bertz CT molecular complexity index is 307. The van der Waals surface area contributed by atoms with Gasteiger partial charge in [0.1, 0.15) is 0 Å². The maximum Gasteiger partial charge on any atom is 0.0484 e. The topological polar surface area (TPSA) is 21.3 Å². The number of benzene rings is 1. The largest absolute Gasteiger partial charge is 0.381 e. The second kappa shape index (κ2) is 9.12. The van der Waals surface area contributed by atoms with Gasteiger partial charge >= 0.3 is 0 Å². The monoisotopic (exact) mass is 249 g/mol. The van der Waals surface area contributed by atoms with Crippen LogP contribution in [0.3, 0.4) is 0 Å². The van der Waals surface area contributed by atoms with Crippen LogP contribution in [-0.2, 0) is 11.2 Å². The van der Waals surface area contributed by atoms with E-state index in [9.17, 15) is 0 Å². The third-order valence-electron chi connectivity index (χ3n) is 3.33. The number of ether oxygens (including phenoxy) is 1. The van der Waals surface area contributed by atoms with Gasteiger partial charge in [-0.25, -0.2) is 0 Å². The van der Waals surface area contributed by atoms with Crippen molar-refractivity contribution in [3.05, 3.63) is 35.4 Å². The van der Waals surface area contributed by atoms with Crippen LogP contribution in [0.5, 0.6) is 0 Å². The van der Waals surface area contributed by atoms with Crippen molar-refractivity contribution >= 4 is 0 Å². The van der Waals surface area contributed by atoms with Gasteiger partial charge in [-0.3, -0.25) is 0 Å². The van der Waals surface area contributed by atoms with Crippen LogP contribution >= 0.6 is 0 Å². The van der Waals surface area contributed by atoms with Crippen LogP contribution in [0.4, 0.5) is 0 Å². The highest BCUT2D eigenvalue weighted by molar-refractivity contribution is 5.24. The second-order valence-corrected chi connectivity index (χ2v) is 4.69. The van der Waals surface area contributed by atoms with Crippen molar-refractivity contribution in [2.24, 2.45) is 0 Å². The van der Waals surface area contributed by atoms with Crippen molar-refractivity contribution in [3.8, 4) is 0 Å². The summed E-state index contributed by atoms with van der Waals surface area (Å²) in [5, 5.41) is 3.37. The van der Waals surface area contributed by atoms with Crippen LogP contribution in [0.1, 0.15) is 50.3 Å². The average Bonchev–Trinajstić information content (AvgIpc) is 2.43. The standard InChI is InChI=1S/C16H27NO/c1-4-6-12-18-13-11-16(17-3)15-9-7-14(5-2)8-10-15/h7-10,16-17H,4-6,11-13H2,1-3H3. The molecule has 0 fully saturated rings. The van der Waals surface area contributed by atoms with Gasteiger partial charge in [-0.1, -0.05) is 44.5 Å². The molecule has 1 aromatic carbocycles. The first-order valence-corrected chi connectivity index (χ1v) is 7.15. The molecular weight excluding hydrogens is 222 g/mol. The van der Waals surface area contributed by atoms with Crippen LogP contribution in [0.15, 0.2) is 24.3 Å². The molecule has 1 atom stereocenters. The highest BCUT2D eigenvalue weighted by Gasteiger charge is 2.08. The van der Waals surface area contributed by atoms with Crippen molar-refractivity contribution in [1.82, 2.24) is 5.32 Å². The molecule has 0 amide bonds. The van der Waals surface area contributed by atoms with Crippen LogP contribution < -0.4 is 5.32 Å². The molecule has 1 N–H and O–H groups in total. The minimum atomic E-state index is 0.400. The summed E-state index contributed by atoms with van der Waals surface area (Å²) < 4.78 is 5.63. The molecule has 0 aliphatic heterocycles. The molecule has 0 heterocycles. The lowest BCUT2D eigenvalue weighted by Crippen LogP contribution is -2.18. The highest BCUT2D eigenvalue weighted by Crippen LogP contribution is 2.17. The Kier molecular flexibility index (Phi) is 7.70. The summed E-state index contributed by atoms with van der Waals surface area (Å²) in [5.41, 5.74) is 2.75. The van der Waals surface area contributed by atoms with E-state index in [1.807, 2.05) is 7.05 Å². The van der Waals surface area contributed by atoms with Crippen molar-refractivity contribution in [2.75, 3.05) is 20.3 Å². The number of aryl methyl sites for hydroxylation is 1. The quantitative estimate of drug-likeness (QED) is 0.674. The number of nitrogens with one attached hydrogen (secondary N) is 1. The highest BCUT2D eigenvalue weighted by atomic mass is 16.5. The van der Waals surface area contributed by atoms with Gasteiger partial charge in [0.25, 0.3) is 0 Å². The molecular formula is C16H27NO. The van der Waals surface area contributed by atoms with Gasteiger partial charge in [0.2, 0.25) is 0 Å². The molecule has 0 aromatic heterocycles. The lowest BCUT2D eigenvalue weighted by Gasteiger charge is -2.17. The molecule has 2 nitrogen and oxygen atoms in total. The smallest absolute Gasteiger partial charge is 0.0484 e. The molecule has 1 unspecified atom stereocenters. The van der Waals surface area contributed by atoms with E-state index in [1.165, 1.54) is 17.5 Å². The van der Waals surface area contributed by atoms with E-state index in [2.05, 4.69) is 43.4 Å². The SMILES string of the molecule is CCCCOCCC(NC)c1ccc(CC)cc1. The second-order valence-electron chi connectivity index (χ2n) is 4.69. The fourth-order valence-corrected chi connectivity index (χ4v) is 2.01. The minimum Gasteiger partial charge on any atom is -0.381 e. The molecule has 18 heavy (non-hydrogen) atoms. The molecule has 0 aliphatic rings. The van der Waals surface area contributed by atoms with Gasteiger partial charge < -0.3 is 10.1 Å². The lowest BCUT2D eigenvalue weighted by atomic mass is 10.0. The van der Waals surface area contributed by atoms with Gasteiger partial charge in [0.15, 0.2) is 0 Å². The third kappa shape index (κ3) is 5.19. The molecule has 0 bridgehead atoms. The molecule has 0 aliphatic carbocycles. The predicted octanol–water partition coefficient (Wildman–Crippen LogP) is 3.72. The minimum absolute atomic E-state index is 0.400. The van der Waals surface area contributed by atoms with E-state index in [-0.39, 0.29) is 0 Å². The number of hydrogen-bond donors (Lipinski definition) is 1. The van der Waals surface area contributed by atoms with Gasteiger partial charge in [-0.2, -0.15) is 0 Å². The molecule has 0 spiro atoms.